The molecule has 92 valence electrons. The van der Waals surface area contributed by atoms with E-state index in [9.17, 15) is 0 Å². The van der Waals surface area contributed by atoms with Crippen LogP contribution in [0.2, 0.25) is 0 Å². The average Bonchev–Trinajstić information content (AvgIpc) is 2.30. The predicted octanol–water partition coefficient (Wildman–Crippen LogP) is 2.50. The van der Waals surface area contributed by atoms with Crippen molar-refractivity contribution >= 4 is 24.8 Å². The van der Waals surface area contributed by atoms with Crippen LogP contribution < -0.4 is 5.32 Å². The third-order valence-electron chi connectivity index (χ3n) is 2.98. The van der Waals surface area contributed by atoms with Crippen molar-refractivity contribution in [2.75, 3.05) is 26.2 Å². The van der Waals surface area contributed by atoms with Crippen LogP contribution in [0.4, 0.5) is 0 Å². The minimum absolute atomic E-state index is 0. The van der Waals surface area contributed by atoms with Gasteiger partial charge in [-0.15, -0.1) is 24.8 Å². The van der Waals surface area contributed by atoms with Crippen molar-refractivity contribution in [1.82, 2.24) is 10.2 Å². The summed E-state index contributed by atoms with van der Waals surface area (Å²) >= 11 is 0. The van der Waals surface area contributed by atoms with E-state index in [2.05, 4.69) is 47.5 Å². The smallest absolute Gasteiger partial charge is 0.0320 e. The maximum atomic E-state index is 3.38. The van der Waals surface area contributed by atoms with Crippen molar-refractivity contribution in [3.8, 4) is 0 Å². The lowest BCUT2D eigenvalue weighted by atomic mass is 10.1. The molecule has 16 heavy (non-hydrogen) atoms. The number of piperazine rings is 1. The predicted molar refractivity (Wildman–Crippen MR) is 73.8 cm³/mol. The quantitative estimate of drug-likeness (QED) is 0.882. The van der Waals surface area contributed by atoms with E-state index in [1.165, 1.54) is 5.56 Å². The van der Waals surface area contributed by atoms with Crippen LogP contribution >= 0.6 is 24.8 Å². The molecular weight excluding hydrogens is 243 g/mol. The van der Waals surface area contributed by atoms with Crippen LogP contribution in [0.1, 0.15) is 18.5 Å². The summed E-state index contributed by atoms with van der Waals surface area (Å²) in [6.07, 6.45) is 0. The van der Waals surface area contributed by atoms with Crippen molar-refractivity contribution in [2.45, 2.75) is 13.0 Å². The van der Waals surface area contributed by atoms with Crippen molar-refractivity contribution in [3.05, 3.63) is 35.9 Å². The summed E-state index contributed by atoms with van der Waals surface area (Å²) in [7, 11) is 0. The van der Waals surface area contributed by atoms with Crippen molar-refractivity contribution in [2.24, 2.45) is 0 Å². The van der Waals surface area contributed by atoms with E-state index in [0.29, 0.717) is 6.04 Å². The number of nitrogens with zero attached hydrogens (tertiary/aromatic N) is 1. The Labute approximate surface area is 110 Å². The van der Waals surface area contributed by atoms with Crippen LogP contribution in [-0.4, -0.2) is 31.1 Å². The number of nitrogens with one attached hydrogen (secondary N) is 1. The minimum Gasteiger partial charge on any atom is -0.314 e. The van der Waals surface area contributed by atoms with Crippen molar-refractivity contribution in [1.29, 1.82) is 0 Å². The lowest BCUT2D eigenvalue weighted by Gasteiger charge is -2.33. The highest BCUT2D eigenvalue weighted by molar-refractivity contribution is 5.85. The largest absolute Gasteiger partial charge is 0.314 e. The first-order valence-electron chi connectivity index (χ1n) is 5.37. The highest BCUT2D eigenvalue weighted by atomic mass is 35.5. The first-order valence-corrected chi connectivity index (χ1v) is 5.37. The molecule has 1 aromatic carbocycles. The first kappa shape index (κ1) is 15.7. The summed E-state index contributed by atoms with van der Waals surface area (Å²) in [5.74, 6) is 0. The number of hydrogen-bond donors (Lipinski definition) is 1. The molecule has 1 atom stereocenters. The fourth-order valence-corrected chi connectivity index (χ4v) is 2.01. The van der Waals surface area contributed by atoms with E-state index >= 15 is 0 Å². The number of benzene rings is 1. The van der Waals surface area contributed by atoms with Crippen LogP contribution in [0.15, 0.2) is 30.3 Å². The second kappa shape index (κ2) is 7.91. The number of rotatable bonds is 2. The Kier molecular flexibility index (Phi) is 7.77. The summed E-state index contributed by atoms with van der Waals surface area (Å²) < 4.78 is 0. The van der Waals surface area contributed by atoms with Gasteiger partial charge in [0.2, 0.25) is 0 Å². The Morgan fingerprint density at radius 3 is 2.19 bits per heavy atom. The monoisotopic (exact) mass is 262 g/mol. The molecule has 1 N–H and O–H groups in total. The lowest BCUT2D eigenvalue weighted by molar-refractivity contribution is 0.185. The first-order chi connectivity index (χ1) is 6.88. The lowest BCUT2D eigenvalue weighted by Crippen LogP contribution is -2.44. The summed E-state index contributed by atoms with van der Waals surface area (Å²) in [6.45, 7) is 6.86. The van der Waals surface area contributed by atoms with Crippen LogP contribution in [0.25, 0.3) is 0 Å². The van der Waals surface area contributed by atoms with Crippen LogP contribution in [-0.2, 0) is 0 Å². The van der Waals surface area contributed by atoms with Gasteiger partial charge in [0.05, 0.1) is 0 Å². The second-order valence-corrected chi connectivity index (χ2v) is 3.87. The van der Waals surface area contributed by atoms with E-state index in [-0.39, 0.29) is 24.8 Å². The van der Waals surface area contributed by atoms with E-state index < -0.39 is 0 Å². The van der Waals surface area contributed by atoms with Gasteiger partial charge in [-0.3, -0.25) is 4.90 Å². The van der Waals surface area contributed by atoms with Gasteiger partial charge in [-0.1, -0.05) is 30.3 Å². The molecule has 0 saturated carbocycles. The normalized spacial score (nSPS) is 18.1. The molecule has 4 heteroatoms. The number of hydrogen-bond acceptors (Lipinski definition) is 2. The fourth-order valence-electron chi connectivity index (χ4n) is 2.01. The van der Waals surface area contributed by atoms with Crippen molar-refractivity contribution in [3.63, 3.8) is 0 Å². The molecule has 1 heterocycles. The van der Waals surface area contributed by atoms with Crippen LogP contribution in [0, 0.1) is 0 Å². The zero-order valence-corrected chi connectivity index (χ0v) is 11.2. The molecule has 0 unspecified atom stereocenters. The highest BCUT2D eigenvalue weighted by Crippen LogP contribution is 2.19. The van der Waals surface area contributed by atoms with E-state index in [1.54, 1.807) is 0 Å². The molecule has 1 saturated heterocycles. The standard InChI is InChI=1S/C12H18N2.2ClH/c1-11(12-5-3-2-4-6-12)14-9-7-13-8-10-14;;/h2-6,11,13H,7-10H2,1H3;2*1H/t11-;;/m1../s1. The average molecular weight is 263 g/mol. The third kappa shape index (κ3) is 3.95. The van der Waals surface area contributed by atoms with Gasteiger partial charge in [-0.2, -0.15) is 0 Å². The molecule has 0 aliphatic carbocycles. The summed E-state index contributed by atoms with van der Waals surface area (Å²) in [4.78, 5) is 2.53. The molecular formula is C12H20Cl2N2. The zero-order chi connectivity index (χ0) is 9.80. The molecule has 1 fully saturated rings. The Balaban J connectivity index is 0.00000112. The van der Waals surface area contributed by atoms with Gasteiger partial charge in [0.1, 0.15) is 0 Å². The molecule has 0 radical (unpaired) electrons. The van der Waals surface area contributed by atoms with Gasteiger partial charge < -0.3 is 5.32 Å². The Morgan fingerprint density at radius 1 is 1.06 bits per heavy atom. The molecule has 0 bridgehead atoms. The van der Waals surface area contributed by atoms with Crippen LogP contribution in [0.5, 0.6) is 0 Å². The van der Waals surface area contributed by atoms with Crippen LogP contribution in [0.3, 0.4) is 0 Å². The van der Waals surface area contributed by atoms with E-state index in [4.69, 9.17) is 0 Å². The second-order valence-electron chi connectivity index (χ2n) is 3.87. The molecule has 0 spiro atoms. The number of halogens is 2. The fraction of sp³-hybridized carbons (Fsp3) is 0.500. The van der Waals surface area contributed by atoms with Gasteiger partial charge >= 0.3 is 0 Å². The van der Waals surface area contributed by atoms with Gasteiger partial charge in [0.15, 0.2) is 0 Å². The maximum absolute atomic E-state index is 3.38. The molecule has 0 amide bonds. The van der Waals surface area contributed by atoms with Gasteiger partial charge in [0.25, 0.3) is 0 Å². The molecule has 0 aromatic heterocycles. The van der Waals surface area contributed by atoms with E-state index in [1.807, 2.05) is 0 Å². The van der Waals surface area contributed by atoms with E-state index in [0.717, 1.165) is 26.2 Å². The topological polar surface area (TPSA) is 15.3 Å². The molecule has 1 aliphatic heterocycles. The molecule has 2 nitrogen and oxygen atoms in total. The third-order valence-corrected chi connectivity index (χ3v) is 2.98. The van der Waals surface area contributed by atoms with Gasteiger partial charge in [-0.25, -0.2) is 0 Å². The summed E-state index contributed by atoms with van der Waals surface area (Å²) in [5, 5.41) is 3.38. The highest BCUT2D eigenvalue weighted by Gasteiger charge is 2.16. The molecule has 1 aliphatic rings. The van der Waals surface area contributed by atoms with Gasteiger partial charge in [0, 0.05) is 32.2 Å². The summed E-state index contributed by atoms with van der Waals surface area (Å²) in [6, 6.07) is 11.3. The van der Waals surface area contributed by atoms with Crippen molar-refractivity contribution < 1.29 is 0 Å². The molecule has 2 rings (SSSR count). The Morgan fingerprint density at radius 2 is 1.62 bits per heavy atom. The SMILES string of the molecule is C[C@H](c1ccccc1)N1CCNCC1.Cl.Cl. The minimum atomic E-state index is 0. The van der Waals surface area contributed by atoms with Gasteiger partial charge in [-0.05, 0) is 12.5 Å². The Hall–Kier alpha value is -0.280. The Bertz CT molecular complexity index is 274. The molecule has 1 aromatic rings. The maximum Gasteiger partial charge on any atom is 0.0320 e. The summed E-state index contributed by atoms with van der Waals surface area (Å²) in [5.41, 5.74) is 1.43. The zero-order valence-electron chi connectivity index (χ0n) is 9.56.